The third-order valence-electron chi connectivity index (χ3n) is 3.87. The fourth-order valence-electron chi connectivity index (χ4n) is 2.66. The van der Waals surface area contributed by atoms with Gasteiger partial charge in [0.15, 0.2) is 5.96 Å². The summed E-state index contributed by atoms with van der Waals surface area (Å²) in [5, 5.41) is 7.09. The van der Waals surface area contributed by atoms with Crippen LogP contribution in [0.5, 0.6) is 0 Å². The Hall–Kier alpha value is -1.74. The molecule has 0 radical (unpaired) electrons. The molecule has 0 amide bonds. The number of morpholine rings is 1. The largest absolute Gasteiger partial charge is 0.379 e. The van der Waals surface area contributed by atoms with Crippen molar-refractivity contribution in [2.75, 3.05) is 45.9 Å². The van der Waals surface area contributed by atoms with Gasteiger partial charge in [0.1, 0.15) is 0 Å². The molecule has 1 heterocycles. The quantitative estimate of drug-likeness (QED) is 0.468. The lowest BCUT2D eigenvalue weighted by molar-refractivity contribution is 0.0180. The molecule has 24 heavy (non-hydrogen) atoms. The molecule has 1 fully saturated rings. The average Bonchev–Trinajstić information content (AvgIpc) is 2.62. The van der Waals surface area contributed by atoms with Crippen molar-refractivity contribution in [2.24, 2.45) is 4.99 Å². The highest BCUT2D eigenvalue weighted by molar-refractivity contribution is 6.30. The van der Waals surface area contributed by atoms with E-state index in [1.807, 2.05) is 19.1 Å². The monoisotopic (exact) mass is 348 g/mol. The lowest BCUT2D eigenvalue weighted by Crippen LogP contribution is -2.41. The van der Waals surface area contributed by atoms with Crippen molar-refractivity contribution < 1.29 is 4.74 Å². The molecule has 0 aliphatic carbocycles. The maximum atomic E-state index is 6.03. The molecule has 6 heteroatoms. The number of hydrogen-bond donors (Lipinski definition) is 2. The second-order valence-electron chi connectivity index (χ2n) is 5.49. The Morgan fingerprint density at radius 2 is 2.04 bits per heavy atom. The summed E-state index contributed by atoms with van der Waals surface area (Å²) in [5.74, 6) is 3.31. The first kappa shape index (κ1) is 18.6. The van der Waals surface area contributed by atoms with Gasteiger partial charge in [-0.05, 0) is 24.6 Å². The van der Waals surface area contributed by atoms with E-state index in [9.17, 15) is 0 Å². The van der Waals surface area contributed by atoms with Gasteiger partial charge in [-0.3, -0.25) is 9.89 Å². The van der Waals surface area contributed by atoms with Gasteiger partial charge in [-0.2, -0.15) is 0 Å². The van der Waals surface area contributed by atoms with Crippen LogP contribution in [0.4, 0.5) is 0 Å². The number of guanidine groups is 1. The van der Waals surface area contributed by atoms with E-state index in [1.165, 1.54) is 5.56 Å². The number of ether oxygens (including phenoxy) is 1. The highest BCUT2D eigenvalue weighted by Crippen LogP contribution is 2.24. The molecule has 5 nitrogen and oxygen atoms in total. The summed E-state index contributed by atoms with van der Waals surface area (Å²) in [5.41, 5.74) is 1.21. The Morgan fingerprint density at radius 1 is 1.33 bits per heavy atom. The summed E-state index contributed by atoms with van der Waals surface area (Å²) in [7, 11) is 0. The summed E-state index contributed by atoms with van der Waals surface area (Å²) in [6.45, 7) is 7.22. The van der Waals surface area contributed by atoms with E-state index in [0.717, 1.165) is 43.8 Å². The minimum atomic E-state index is 0.187. The Morgan fingerprint density at radius 3 is 2.67 bits per heavy atom. The number of halogens is 1. The SMILES string of the molecule is C#CCNC(=NCC(c1ccc(Cl)cc1)N1CCOCC1)NCC. The van der Waals surface area contributed by atoms with Crippen molar-refractivity contribution in [3.63, 3.8) is 0 Å². The molecule has 1 saturated heterocycles. The van der Waals surface area contributed by atoms with Crippen LogP contribution in [0.1, 0.15) is 18.5 Å². The third-order valence-corrected chi connectivity index (χ3v) is 4.12. The van der Waals surface area contributed by atoms with Gasteiger partial charge in [0, 0.05) is 24.7 Å². The second-order valence-corrected chi connectivity index (χ2v) is 5.93. The molecule has 1 unspecified atom stereocenters. The van der Waals surface area contributed by atoms with Crippen molar-refractivity contribution >= 4 is 17.6 Å². The Bertz CT molecular complexity index is 561. The smallest absolute Gasteiger partial charge is 0.192 e. The summed E-state index contributed by atoms with van der Waals surface area (Å²) >= 11 is 6.03. The average molecular weight is 349 g/mol. The number of terminal acetylenes is 1. The molecule has 1 aliphatic rings. The molecule has 2 N–H and O–H groups in total. The van der Waals surface area contributed by atoms with Crippen LogP contribution in [-0.2, 0) is 4.74 Å². The number of nitrogens with one attached hydrogen (secondary N) is 2. The lowest BCUT2D eigenvalue weighted by atomic mass is 10.0. The van der Waals surface area contributed by atoms with Crippen LogP contribution in [0, 0.1) is 12.3 Å². The minimum absolute atomic E-state index is 0.187. The third kappa shape index (κ3) is 5.72. The van der Waals surface area contributed by atoms with E-state index >= 15 is 0 Å². The molecule has 1 aromatic rings. The van der Waals surface area contributed by atoms with E-state index in [0.29, 0.717) is 13.1 Å². The molecular formula is C18H25ClN4O. The van der Waals surface area contributed by atoms with E-state index in [-0.39, 0.29) is 6.04 Å². The fourth-order valence-corrected chi connectivity index (χ4v) is 2.79. The topological polar surface area (TPSA) is 48.9 Å². The standard InChI is InChI=1S/C18H25ClN4O/c1-3-9-21-18(20-4-2)22-14-17(23-10-12-24-13-11-23)15-5-7-16(19)8-6-15/h1,5-8,17H,4,9-14H2,2H3,(H2,20,21,22). The number of aliphatic imine (C=N–C) groups is 1. The summed E-state index contributed by atoms with van der Waals surface area (Å²) in [6, 6.07) is 8.18. The first-order chi connectivity index (χ1) is 11.7. The molecule has 0 aromatic heterocycles. The van der Waals surface area contributed by atoms with Gasteiger partial charge >= 0.3 is 0 Å². The van der Waals surface area contributed by atoms with Gasteiger partial charge in [-0.25, -0.2) is 0 Å². The van der Waals surface area contributed by atoms with E-state index in [1.54, 1.807) is 0 Å². The van der Waals surface area contributed by atoms with Crippen molar-refractivity contribution in [2.45, 2.75) is 13.0 Å². The molecule has 2 rings (SSSR count). The second kappa shape index (κ2) is 10.2. The van der Waals surface area contributed by atoms with Gasteiger partial charge in [0.05, 0.1) is 32.3 Å². The van der Waals surface area contributed by atoms with Crippen LogP contribution in [0.15, 0.2) is 29.3 Å². The van der Waals surface area contributed by atoms with Crippen LogP contribution < -0.4 is 10.6 Å². The van der Waals surface area contributed by atoms with Gasteiger partial charge in [-0.15, -0.1) is 6.42 Å². The van der Waals surface area contributed by atoms with Gasteiger partial charge in [-0.1, -0.05) is 29.7 Å². The minimum Gasteiger partial charge on any atom is -0.379 e. The van der Waals surface area contributed by atoms with Crippen molar-refractivity contribution in [1.29, 1.82) is 0 Å². The maximum Gasteiger partial charge on any atom is 0.192 e. The molecule has 0 spiro atoms. The summed E-state index contributed by atoms with van der Waals surface area (Å²) < 4.78 is 5.48. The molecule has 0 saturated carbocycles. The Kier molecular flexibility index (Phi) is 7.90. The zero-order chi connectivity index (χ0) is 17.2. The molecule has 130 valence electrons. The molecule has 0 bridgehead atoms. The number of benzene rings is 1. The summed E-state index contributed by atoms with van der Waals surface area (Å²) in [4.78, 5) is 7.11. The first-order valence-corrected chi connectivity index (χ1v) is 8.65. The number of hydrogen-bond acceptors (Lipinski definition) is 3. The van der Waals surface area contributed by atoms with Crippen LogP contribution in [0.2, 0.25) is 5.02 Å². The molecule has 1 aliphatic heterocycles. The van der Waals surface area contributed by atoms with Crippen LogP contribution in [0.25, 0.3) is 0 Å². The van der Waals surface area contributed by atoms with Gasteiger partial charge in [0.2, 0.25) is 0 Å². The molecular weight excluding hydrogens is 324 g/mol. The molecule has 1 atom stereocenters. The van der Waals surface area contributed by atoms with Crippen molar-refractivity contribution in [3.8, 4) is 12.3 Å². The predicted molar refractivity (Wildman–Crippen MR) is 99.4 cm³/mol. The zero-order valence-corrected chi connectivity index (χ0v) is 14.9. The van der Waals surface area contributed by atoms with Crippen LogP contribution >= 0.6 is 11.6 Å². The van der Waals surface area contributed by atoms with Crippen molar-refractivity contribution in [1.82, 2.24) is 15.5 Å². The normalized spacial score (nSPS) is 17.1. The Balaban J connectivity index is 2.14. The van der Waals surface area contributed by atoms with Gasteiger partial charge in [0.25, 0.3) is 0 Å². The van der Waals surface area contributed by atoms with E-state index < -0.39 is 0 Å². The highest BCUT2D eigenvalue weighted by atomic mass is 35.5. The van der Waals surface area contributed by atoms with Crippen LogP contribution in [0.3, 0.4) is 0 Å². The predicted octanol–water partition coefficient (Wildman–Crippen LogP) is 1.90. The number of rotatable bonds is 6. The summed E-state index contributed by atoms with van der Waals surface area (Å²) in [6.07, 6.45) is 5.32. The maximum absolute atomic E-state index is 6.03. The van der Waals surface area contributed by atoms with Crippen molar-refractivity contribution in [3.05, 3.63) is 34.9 Å². The number of nitrogens with zero attached hydrogens (tertiary/aromatic N) is 2. The van der Waals surface area contributed by atoms with Crippen LogP contribution in [-0.4, -0.2) is 56.8 Å². The van der Waals surface area contributed by atoms with E-state index in [4.69, 9.17) is 27.8 Å². The fraction of sp³-hybridized carbons (Fsp3) is 0.500. The highest BCUT2D eigenvalue weighted by Gasteiger charge is 2.22. The molecule has 1 aromatic carbocycles. The first-order valence-electron chi connectivity index (χ1n) is 8.27. The van der Waals surface area contributed by atoms with Gasteiger partial charge < -0.3 is 15.4 Å². The lowest BCUT2D eigenvalue weighted by Gasteiger charge is -2.34. The van der Waals surface area contributed by atoms with E-state index in [2.05, 4.69) is 33.6 Å². The Labute approximate surface area is 149 Å². The zero-order valence-electron chi connectivity index (χ0n) is 14.1.